The summed E-state index contributed by atoms with van der Waals surface area (Å²) < 4.78 is 7.69. The fourth-order valence-corrected chi connectivity index (χ4v) is 2.16. The van der Waals surface area contributed by atoms with Gasteiger partial charge in [-0.2, -0.15) is 0 Å². The van der Waals surface area contributed by atoms with Crippen molar-refractivity contribution in [2.24, 2.45) is 0 Å². The second-order valence-electron chi connectivity index (χ2n) is 4.73. The maximum absolute atomic E-state index is 5.91. The quantitative estimate of drug-likeness (QED) is 0.700. The molecule has 3 rings (SSSR count). The predicted molar refractivity (Wildman–Crippen MR) is 83.8 cm³/mol. The van der Waals surface area contributed by atoms with Crippen molar-refractivity contribution in [3.63, 3.8) is 0 Å². The molecule has 0 bridgehead atoms. The largest absolute Gasteiger partial charge is 0.471 e. The summed E-state index contributed by atoms with van der Waals surface area (Å²) in [5.41, 5.74) is 3.24. The number of aromatic nitrogens is 2. The van der Waals surface area contributed by atoms with Crippen LogP contribution in [0.4, 0.5) is 0 Å². The fraction of sp³-hybridized carbons (Fsp3) is 0.111. The maximum Gasteiger partial charge on any atom is 0.241 e. The monoisotopic (exact) mass is 277 g/mol. The fourth-order valence-electron chi connectivity index (χ4n) is 2.16. The Morgan fingerprint density at radius 2 is 1.67 bits per heavy atom. The van der Waals surface area contributed by atoms with Gasteiger partial charge in [-0.15, -0.1) is 5.10 Å². The van der Waals surface area contributed by atoms with E-state index in [1.54, 1.807) is 4.68 Å². The molecular weight excluding hydrogens is 260 g/mol. The van der Waals surface area contributed by atoms with E-state index < -0.39 is 0 Å². The zero-order valence-electron chi connectivity index (χ0n) is 11.9. The topological polar surface area (TPSA) is 27.1 Å². The minimum Gasteiger partial charge on any atom is -0.471 e. The summed E-state index contributed by atoms with van der Waals surface area (Å²) in [4.78, 5) is 0. The molecule has 0 saturated heterocycles. The minimum atomic E-state index is 0.515. The number of nitrogens with zero attached hydrogens (tertiary/aromatic N) is 2. The number of hydrogen-bond donors (Lipinski definition) is 0. The number of ether oxygens (including phenoxy) is 1. The third kappa shape index (κ3) is 3.14. The van der Waals surface area contributed by atoms with Crippen LogP contribution in [0.5, 0.6) is 5.88 Å². The Bertz CT molecular complexity index is 690. The lowest BCUT2D eigenvalue weighted by Crippen LogP contribution is -1.98. The Kier molecular flexibility index (Phi) is 4.01. The van der Waals surface area contributed by atoms with Gasteiger partial charge < -0.3 is 4.74 Å². The van der Waals surface area contributed by atoms with E-state index in [1.165, 1.54) is 0 Å². The van der Waals surface area contributed by atoms with Gasteiger partial charge in [-0.1, -0.05) is 60.7 Å². The molecule has 3 nitrogen and oxygen atoms in total. The average molecular weight is 277 g/mol. The molecule has 0 aliphatic rings. The summed E-state index contributed by atoms with van der Waals surface area (Å²) in [5, 5.41) is 4.46. The molecule has 21 heavy (non-hydrogen) atoms. The molecule has 1 heterocycles. The SMILES string of the molecule is C[CH]n1cc(-c2ccccc2)c(OCc2ccccc2)n1. The zero-order valence-corrected chi connectivity index (χ0v) is 11.9. The van der Waals surface area contributed by atoms with E-state index in [-0.39, 0.29) is 0 Å². The Hall–Kier alpha value is -2.55. The maximum atomic E-state index is 5.91. The lowest BCUT2D eigenvalue weighted by atomic mass is 10.1. The van der Waals surface area contributed by atoms with Crippen molar-refractivity contribution in [2.45, 2.75) is 13.5 Å². The normalized spacial score (nSPS) is 10.5. The molecule has 105 valence electrons. The number of hydrogen-bond acceptors (Lipinski definition) is 2. The summed E-state index contributed by atoms with van der Waals surface area (Å²) in [5.74, 6) is 0.656. The Morgan fingerprint density at radius 1 is 1.00 bits per heavy atom. The molecule has 2 aromatic carbocycles. The van der Waals surface area contributed by atoms with E-state index >= 15 is 0 Å². The molecule has 3 heteroatoms. The van der Waals surface area contributed by atoms with Gasteiger partial charge in [0.1, 0.15) is 6.61 Å². The van der Waals surface area contributed by atoms with Crippen molar-refractivity contribution in [1.82, 2.24) is 9.78 Å². The summed E-state index contributed by atoms with van der Waals surface area (Å²) in [6, 6.07) is 20.3. The molecule has 0 fully saturated rings. The highest BCUT2D eigenvalue weighted by Crippen LogP contribution is 2.29. The highest BCUT2D eigenvalue weighted by Gasteiger charge is 2.12. The highest BCUT2D eigenvalue weighted by atomic mass is 16.5. The van der Waals surface area contributed by atoms with E-state index in [0.717, 1.165) is 16.7 Å². The Balaban J connectivity index is 1.86. The van der Waals surface area contributed by atoms with Crippen LogP contribution in [0, 0.1) is 6.54 Å². The molecular formula is C18H17N2O. The molecule has 0 amide bonds. The first-order chi connectivity index (χ1) is 10.4. The van der Waals surface area contributed by atoms with Crippen LogP contribution in [-0.4, -0.2) is 9.78 Å². The summed E-state index contributed by atoms with van der Waals surface area (Å²) in [7, 11) is 0. The molecule has 1 radical (unpaired) electrons. The zero-order chi connectivity index (χ0) is 14.5. The van der Waals surface area contributed by atoms with Crippen LogP contribution in [0.2, 0.25) is 0 Å². The van der Waals surface area contributed by atoms with Crippen LogP contribution >= 0.6 is 0 Å². The van der Waals surface area contributed by atoms with Crippen molar-refractivity contribution in [1.29, 1.82) is 0 Å². The summed E-state index contributed by atoms with van der Waals surface area (Å²) in [6.45, 7) is 4.37. The van der Waals surface area contributed by atoms with Crippen molar-refractivity contribution in [3.8, 4) is 17.0 Å². The lowest BCUT2D eigenvalue weighted by molar-refractivity contribution is 0.292. The molecule has 3 aromatic rings. The van der Waals surface area contributed by atoms with Gasteiger partial charge in [0.2, 0.25) is 5.88 Å². The van der Waals surface area contributed by atoms with Gasteiger partial charge in [0.15, 0.2) is 0 Å². The highest BCUT2D eigenvalue weighted by molar-refractivity contribution is 5.67. The van der Waals surface area contributed by atoms with Crippen molar-refractivity contribution in [2.75, 3.05) is 0 Å². The van der Waals surface area contributed by atoms with Gasteiger partial charge in [-0.25, -0.2) is 0 Å². The molecule has 0 N–H and O–H groups in total. The van der Waals surface area contributed by atoms with Crippen LogP contribution in [0.1, 0.15) is 12.5 Å². The molecule has 0 unspecified atom stereocenters. The van der Waals surface area contributed by atoms with E-state index in [4.69, 9.17) is 4.74 Å². The standard InChI is InChI=1S/C18H17N2O/c1-2-20-13-17(16-11-7-4-8-12-16)18(19-20)21-14-15-9-5-3-6-10-15/h2-13H,14H2,1H3. The summed E-state index contributed by atoms with van der Waals surface area (Å²) >= 11 is 0. The van der Waals surface area contributed by atoms with E-state index in [9.17, 15) is 0 Å². The van der Waals surface area contributed by atoms with Crippen molar-refractivity contribution >= 4 is 0 Å². The third-order valence-electron chi connectivity index (χ3n) is 3.27. The van der Waals surface area contributed by atoms with Crippen LogP contribution in [0.25, 0.3) is 11.1 Å². The second-order valence-corrected chi connectivity index (χ2v) is 4.73. The van der Waals surface area contributed by atoms with Gasteiger partial charge >= 0.3 is 0 Å². The third-order valence-corrected chi connectivity index (χ3v) is 3.27. The van der Waals surface area contributed by atoms with Crippen LogP contribution in [0.3, 0.4) is 0 Å². The van der Waals surface area contributed by atoms with Crippen LogP contribution in [-0.2, 0) is 6.61 Å². The molecule has 0 aliphatic heterocycles. The van der Waals surface area contributed by atoms with E-state index in [1.807, 2.05) is 68.2 Å². The molecule has 0 spiro atoms. The van der Waals surface area contributed by atoms with Crippen molar-refractivity contribution in [3.05, 3.63) is 79.0 Å². The molecule has 0 aliphatic carbocycles. The average Bonchev–Trinajstić information content (AvgIpc) is 2.98. The second kappa shape index (κ2) is 6.27. The Labute approximate surface area is 124 Å². The Morgan fingerprint density at radius 3 is 2.33 bits per heavy atom. The van der Waals surface area contributed by atoms with E-state index in [0.29, 0.717) is 12.5 Å². The first-order valence-corrected chi connectivity index (χ1v) is 6.97. The molecule has 0 atom stereocenters. The van der Waals surface area contributed by atoms with Gasteiger partial charge in [0.05, 0.1) is 12.1 Å². The van der Waals surface area contributed by atoms with Gasteiger partial charge in [0, 0.05) is 6.20 Å². The van der Waals surface area contributed by atoms with Gasteiger partial charge in [-0.3, -0.25) is 4.68 Å². The van der Waals surface area contributed by atoms with Gasteiger partial charge in [0.25, 0.3) is 0 Å². The predicted octanol–water partition coefficient (Wildman–Crippen LogP) is 4.16. The van der Waals surface area contributed by atoms with Crippen LogP contribution < -0.4 is 4.74 Å². The lowest BCUT2D eigenvalue weighted by Gasteiger charge is -2.05. The van der Waals surface area contributed by atoms with E-state index in [2.05, 4.69) is 17.2 Å². The molecule has 0 saturated carbocycles. The number of benzene rings is 2. The van der Waals surface area contributed by atoms with Crippen molar-refractivity contribution < 1.29 is 4.74 Å². The first-order valence-electron chi connectivity index (χ1n) is 6.97. The number of rotatable bonds is 5. The van der Waals surface area contributed by atoms with Crippen LogP contribution in [0.15, 0.2) is 66.9 Å². The summed E-state index contributed by atoms with van der Waals surface area (Å²) in [6.07, 6.45) is 1.98. The minimum absolute atomic E-state index is 0.515. The molecule has 1 aromatic heterocycles. The smallest absolute Gasteiger partial charge is 0.241 e. The first kappa shape index (κ1) is 13.4. The van der Waals surface area contributed by atoms with Gasteiger partial charge in [-0.05, 0) is 18.1 Å².